The summed E-state index contributed by atoms with van der Waals surface area (Å²) in [4.78, 5) is 27.1. The van der Waals surface area contributed by atoms with Gasteiger partial charge in [0.15, 0.2) is 0 Å². The van der Waals surface area contributed by atoms with Crippen LogP contribution in [0.4, 0.5) is 4.79 Å². The summed E-state index contributed by atoms with van der Waals surface area (Å²) in [7, 11) is 0. The minimum Gasteiger partial charge on any atom is -0.480 e. The van der Waals surface area contributed by atoms with Crippen LogP contribution in [0.2, 0.25) is 0 Å². The largest absolute Gasteiger partial charge is 0.480 e. The van der Waals surface area contributed by atoms with Crippen molar-refractivity contribution in [2.45, 2.75) is 44.1 Å². The van der Waals surface area contributed by atoms with Crippen molar-refractivity contribution >= 4 is 23.8 Å². The Hall–Kier alpha value is -0.950. The molecule has 2 amide bonds. The van der Waals surface area contributed by atoms with Crippen molar-refractivity contribution in [3.63, 3.8) is 0 Å². The maximum Gasteiger partial charge on any atom is 0.327 e. The lowest BCUT2D eigenvalue weighted by Gasteiger charge is -2.26. The van der Waals surface area contributed by atoms with Crippen molar-refractivity contribution in [3.8, 4) is 0 Å². The number of nitrogens with one attached hydrogen (secondary N) is 1. The van der Waals surface area contributed by atoms with E-state index in [4.69, 9.17) is 5.11 Å². The predicted octanol–water partition coefficient (Wildman–Crippen LogP) is 1.03. The fourth-order valence-electron chi connectivity index (χ4n) is 2.58. The number of carboxylic acids is 1. The molecule has 7 heteroatoms. The molecule has 1 saturated heterocycles. The van der Waals surface area contributed by atoms with E-state index in [0.29, 0.717) is 18.3 Å². The van der Waals surface area contributed by atoms with E-state index in [1.807, 2.05) is 6.92 Å². The molecule has 2 N–H and O–H groups in total. The molecular weight excluding hydrogens is 278 g/mol. The van der Waals surface area contributed by atoms with Gasteiger partial charge in [0.2, 0.25) is 0 Å². The second kappa shape index (κ2) is 6.67. The molecule has 20 heavy (non-hydrogen) atoms. The van der Waals surface area contributed by atoms with E-state index < -0.39 is 12.0 Å². The van der Waals surface area contributed by atoms with Crippen molar-refractivity contribution < 1.29 is 14.7 Å². The summed E-state index contributed by atoms with van der Waals surface area (Å²) in [5.41, 5.74) is 0. The average molecular weight is 301 g/mol. The summed E-state index contributed by atoms with van der Waals surface area (Å²) in [6.07, 6.45) is 2.51. The standard InChI is InChI=1S/C13H23N3O3S/c1-3-15(10-4-5-10)7-6-14-13(19)16-9(2)20-8-11(16)12(17)18/h9-11H,3-8H2,1-2H3,(H,14,19)(H,17,18). The second-order valence-electron chi connectivity index (χ2n) is 5.29. The van der Waals surface area contributed by atoms with Gasteiger partial charge in [-0.05, 0) is 26.3 Å². The summed E-state index contributed by atoms with van der Waals surface area (Å²) >= 11 is 1.50. The Kier molecular flexibility index (Phi) is 5.15. The number of aliphatic carboxylic acids is 1. The predicted molar refractivity (Wildman–Crippen MR) is 78.9 cm³/mol. The fraction of sp³-hybridized carbons (Fsp3) is 0.846. The Bertz CT molecular complexity index is 376. The second-order valence-corrected chi connectivity index (χ2v) is 6.63. The van der Waals surface area contributed by atoms with Crippen molar-refractivity contribution in [1.29, 1.82) is 0 Å². The number of hydrogen-bond donors (Lipinski definition) is 2. The van der Waals surface area contributed by atoms with Crippen molar-refractivity contribution in [2.24, 2.45) is 0 Å². The SMILES string of the molecule is CCN(CCNC(=O)N1C(C)SCC1C(=O)O)C1CC1. The minimum absolute atomic E-state index is 0.0817. The van der Waals surface area contributed by atoms with Gasteiger partial charge in [-0.25, -0.2) is 9.59 Å². The van der Waals surface area contributed by atoms with Crippen LogP contribution in [0.5, 0.6) is 0 Å². The molecule has 0 bridgehead atoms. The molecule has 2 aliphatic rings. The van der Waals surface area contributed by atoms with Crippen LogP contribution >= 0.6 is 11.8 Å². The molecule has 1 aliphatic carbocycles. The summed E-state index contributed by atoms with van der Waals surface area (Å²) in [6.45, 7) is 6.40. The van der Waals surface area contributed by atoms with Crippen molar-refractivity contribution in [1.82, 2.24) is 15.1 Å². The Morgan fingerprint density at radius 3 is 2.70 bits per heavy atom. The highest BCUT2D eigenvalue weighted by atomic mass is 32.2. The highest BCUT2D eigenvalue weighted by Gasteiger charge is 2.39. The van der Waals surface area contributed by atoms with E-state index in [-0.39, 0.29) is 11.4 Å². The number of thioether (sulfide) groups is 1. The first-order chi connectivity index (χ1) is 9.54. The third-order valence-electron chi connectivity index (χ3n) is 3.89. The molecule has 0 aromatic carbocycles. The summed E-state index contributed by atoms with van der Waals surface area (Å²) in [5, 5.41) is 11.9. The van der Waals surface area contributed by atoms with Crippen LogP contribution in [0, 0.1) is 0 Å². The zero-order valence-corrected chi connectivity index (χ0v) is 12.9. The Balaban J connectivity index is 1.79. The monoisotopic (exact) mass is 301 g/mol. The van der Waals surface area contributed by atoms with Crippen LogP contribution in [-0.2, 0) is 4.79 Å². The average Bonchev–Trinajstić information content (AvgIpc) is 3.16. The van der Waals surface area contributed by atoms with Crippen LogP contribution in [0.25, 0.3) is 0 Å². The molecule has 0 aromatic rings. The van der Waals surface area contributed by atoms with Gasteiger partial charge in [0, 0.05) is 24.9 Å². The van der Waals surface area contributed by atoms with E-state index in [0.717, 1.165) is 13.1 Å². The lowest BCUT2D eigenvalue weighted by atomic mass is 10.3. The number of carbonyl (C=O) groups excluding carboxylic acids is 1. The molecule has 2 unspecified atom stereocenters. The quantitative estimate of drug-likeness (QED) is 0.766. The first-order valence-corrected chi connectivity index (χ1v) is 8.24. The van der Waals surface area contributed by atoms with Crippen LogP contribution in [0.15, 0.2) is 0 Å². The minimum atomic E-state index is -0.926. The maximum atomic E-state index is 12.1. The van der Waals surface area contributed by atoms with Crippen LogP contribution < -0.4 is 5.32 Å². The molecule has 2 rings (SSSR count). The molecule has 0 spiro atoms. The highest BCUT2D eigenvalue weighted by Crippen LogP contribution is 2.29. The Morgan fingerprint density at radius 2 is 2.15 bits per heavy atom. The Labute approximate surface area is 123 Å². The maximum absolute atomic E-state index is 12.1. The number of carbonyl (C=O) groups is 2. The highest BCUT2D eigenvalue weighted by molar-refractivity contribution is 8.00. The number of urea groups is 1. The third-order valence-corrected chi connectivity index (χ3v) is 5.10. The first kappa shape index (κ1) is 15.4. The smallest absolute Gasteiger partial charge is 0.327 e. The number of amides is 2. The lowest BCUT2D eigenvalue weighted by molar-refractivity contribution is -0.141. The first-order valence-electron chi connectivity index (χ1n) is 7.19. The van der Waals surface area contributed by atoms with Crippen LogP contribution in [0.1, 0.15) is 26.7 Å². The summed E-state index contributed by atoms with van der Waals surface area (Å²) in [5.74, 6) is -0.460. The molecule has 2 atom stereocenters. The third kappa shape index (κ3) is 3.58. The van der Waals surface area contributed by atoms with Gasteiger partial charge in [0.1, 0.15) is 6.04 Å². The summed E-state index contributed by atoms with van der Waals surface area (Å²) in [6, 6.07) is -0.285. The van der Waals surface area contributed by atoms with Crippen LogP contribution in [-0.4, -0.2) is 69.8 Å². The van der Waals surface area contributed by atoms with Gasteiger partial charge < -0.3 is 10.4 Å². The Morgan fingerprint density at radius 1 is 1.45 bits per heavy atom. The van der Waals surface area contributed by atoms with Gasteiger partial charge in [0.05, 0.1) is 5.37 Å². The van der Waals surface area contributed by atoms with E-state index >= 15 is 0 Å². The molecule has 6 nitrogen and oxygen atoms in total. The molecule has 0 aromatic heterocycles. The zero-order valence-electron chi connectivity index (χ0n) is 12.0. The number of likely N-dealkylation sites (N-methyl/N-ethyl adjacent to an activating group) is 1. The topological polar surface area (TPSA) is 72.9 Å². The van der Waals surface area contributed by atoms with Crippen molar-refractivity contribution in [2.75, 3.05) is 25.4 Å². The molecular formula is C13H23N3O3S. The van der Waals surface area contributed by atoms with Crippen LogP contribution in [0.3, 0.4) is 0 Å². The van der Waals surface area contributed by atoms with E-state index in [9.17, 15) is 9.59 Å². The number of carboxylic acid groups (broad SMARTS) is 1. The molecule has 0 radical (unpaired) electrons. The molecule has 1 heterocycles. The number of rotatable bonds is 6. The molecule has 1 saturated carbocycles. The van der Waals surface area contributed by atoms with Gasteiger partial charge in [-0.3, -0.25) is 9.80 Å². The van der Waals surface area contributed by atoms with Gasteiger partial charge in [-0.15, -0.1) is 11.8 Å². The molecule has 114 valence electrons. The van der Waals surface area contributed by atoms with E-state index in [1.54, 1.807) is 0 Å². The van der Waals surface area contributed by atoms with Gasteiger partial charge in [-0.2, -0.15) is 0 Å². The normalized spacial score (nSPS) is 26.1. The van der Waals surface area contributed by atoms with E-state index in [1.165, 1.54) is 29.5 Å². The van der Waals surface area contributed by atoms with Gasteiger partial charge in [0.25, 0.3) is 0 Å². The summed E-state index contributed by atoms with van der Waals surface area (Å²) < 4.78 is 0. The number of nitrogens with zero attached hydrogens (tertiary/aromatic N) is 2. The lowest BCUT2D eigenvalue weighted by Crippen LogP contribution is -2.50. The zero-order chi connectivity index (χ0) is 14.7. The van der Waals surface area contributed by atoms with Gasteiger partial charge >= 0.3 is 12.0 Å². The fourth-order valence-corrected chi connectivity index (χ4v) is 3.74. The molecule has 1 aliphatic heterocycles. The number of hydrogen-bond acceptors (Lipinski definition) is 4. The van der Waals surface area contributed by atoms with Crippen molar-refractivity contribution in [3.05, 3.63) is 0 Å². The van der Waals surface area contributed by atoms with Gasteiger partial charge in [-0.1, -0.05) is 6.92 Å². The van der Waals surface area contributed by atoms with E-state index in [2.05, 4.69) is 17.1 Å². The molecule has 2 fully saturated rings.